The average Bonchev–Trinajstić information content (AvgIpc) is 2.58. The molecule has 0 saturated carbocycles. The predicted molar refractivity (Wildman–Crippen MR) is 98.4 cm³/mol. The lowest BCUT2D eigenvalue weighted by Gasteiger charge is -2.23. The van der Waals surface area contributed by atoms with E-state index in [1.165, 1.54) is 13.0 Å². The summed E-state index contributed by atoms with van der Waals surface area (Å²) in [4.78, 5) is 35.3. The van der Waals surface area contributed by atoms with E-state index in [-0.39, 0.29) is 12.3 Å². The van der Waals surface area contributed by atoms with Gasteiger partial charge in [0.25, 0.3) is 5.91 Å². The monoisotopic (exact) mass is 374 g/mol. The molecule has 1 amide bonds. The zero-order valence-corrected chi connectivity index (χ0v) is 16.1. The third kappa shape index (κ3) is 4.87. The fourth-order valence-electron chi connectivity index (χ4n) is 2.73. The lowest BCUT2D eigenvalue weighted by Crippen LogP contribution is -2.51. The van der Waals surface area contributed by atoms with E-state index in [1.807, 2.05) is 20.8 Å². The number of carboxylic acids is 1. The first-order chi connectivity index (χ1) is 12.6. The van der Waals surface area contributed by atoms with Gasteiger partial charge in [0.2, 0.25) is 0 Å². The summed E-state index contributed by atoms with van der Waals surface area (Å²) in [5.74, 6) is -1.47. The number of fused-ring (bicyclic) bond motifs is 1. The molecule has 0 aliphatic rings. The summed E-state index contributed by atoms with van der Waals surface area (Å²) in [6, 6.07) is 3.88. The molecule has 0 aliphatic heterocycles. The van der Waals surface area contributed by atoms with Crippen molar-refractivity contribution in [3.05, 3.63) is 39.7 Å². The molecule has 0 saturated heterocycles. The standard InChI is InChI=1S/C20H25NO6/c1-10(2)8-16(19(23)24)21-18(22)13(5)26-14-6-7-15-11(3)12(4)20(25)27-17(15)9-14/h6-7,9-10,13,16H,8H2,1-5H3,(H,21,22)(H,23,24)/p-1/t13-,16-/m0/s1. The number of hydrogen-bond donors (Lipinski definition) is 1. The summed E-state index contributed by atoms with van der Waals surface area (Å²) in [6.07, 6.45) is -0.671. The molecule has 0 bridgehead atoms. The van der Waals surface area contributed by atoms with Crippen LogP contribution < -0.4 is 20.8 Å². The molecule has 2 rings (SSSR count). The van der Waals surface area contributed by atoms with Crippen molar-refractivity contribution in [1.82, 2.24) is 5.32 Å². The molecule has 0 spiro atoms. The maximum Gasteiger partial charge on any atom is 0.339 e. The van der Waals surface area contributed by atoms with Crippen LogP contribution in [0.2, 0.25) is 0 Å². The minimum absolute atomic E-state index is 0.0829. The fourth-order valence-corrected chi connectivity index (χ4v) is 2.73. The van der Waals surface area contributed by atoms with Crippen molar-refractivity contribution in [1.29, 1.82) is 0 Å². The van der Waals surface area contributed by atoms with E-state index in [0.29, 0.717) is 16.9 Å². The Morgan fingerprint density at radius 2 is 1.85 bits per heavy atom. The maximum absolute atomic E-state index is 12.3. The zero-order chi connectivity index (χ0) is 20.3. The minimum atomic E-state index is -1.33. The van der Waals surface area contributed by atoms with Crippen LogP contribution in [0, 0.1) is 19.8 Å². The highest BCUT2D eigenvalue weighted by Gasteiger charge is 2.21. The Morgan fingerprint density at radius 3 is 2.44 bits per heavy atom. The van der Waals surface area contributed by atoms with Gasteiger partial charge in [-0.25, -0.2) is 4.79 Å². The Hall–Kier alpha value is -2.83. The number of benzene rings is 1. The molecule has 7 nitrogen and oxygen atoms in total. The van der Waals surface area contributed by atoms with E-state index < -0.39 is 29.6 Å². The van der Waals surface area contributed by atoms with Crippen LogP contribution in [-0.2, 0) is 9.59 Å². The smallest absolute Gasteiger partial charge is 0.339 e. The van der Waals surface area contributed by atoms with E-state index >= 15 is 0 Å². The van der Waals surface area contributed by atoms with Crippen LogP contribution >= 0.6 is 0 Å². The second-order valence-corrected chi connectivity index (χ2v) is 7.07. The molecular formula is C20H24NO6-. The van der Waals surface area contributed by atoms with Crippen LogP contribution in [0.15, 0.2) is 27.4 Å². The lowest BCUT2D eigenvalue weighted by atomic mass is 10.0. The van der Waals surface area contributed by atoms with Gasteiger partial charge in [-0.2, -0.15) is 0 Å². The van der Waals surface area contributed by atoms with E-state index in [1.54, 1.807) is 19.1 Å². The van der Waals surface area contributed by atoms with Crippen molar-refractivity contribution in [2.75, 3.05) is 0 Å². The molecule has 0 unspecified atom stereocenters. The van der Waals surface area contributed by atoms with Gasteiger partial charge in [0.15, 0.2) is 6.10 Å². The number of ether oxygens (including phenoxy) is 1. The van der Waals surface area contributed by atoms with Crippen molar-refractivity contribution in [2.24, 2.45) is 5.92 Å². The number of carbonyl (C=O) groups is 2. The number of aliphatic carboxylic acids is 1. The summed E-state index contributed by atoms with van der Waals surface area (Å²) < 4.78 is 10.9. The van der Waals surface area contributed by atoms with Crippen molar-refractivity contribution in [3.8, 4) is 5.75 Å². The minimum Gasteiger partial charge on any atom is -0.548 e. The molecule has 1 N–H and O–H groups in total. The third-order valence-corrected chi connectivity index (χ3v) is 4.42. The normalized spacial score (nSPS) is 13.4. The quantitative estimate of drug-likeness (QED) is 0.735. The molecule has 7 heteroatoms. The van der Waals surface area contributed by atoms with Gasteiger partial charge in [-0.15, -0.1) is 0 Å². The van der Waals surface area contributed by atoms with E-state index in [4.69, 9.17) is 9.15 Å². The maximum atomic E-state index is 12.3. The topological polar surface area (TPSA) is 109 Å². The lowest BCUT2D eigenvalue weighted by molar-refractivity contribution is -0.308. The second kappa shape index (κ2) is 8.24. The number of aryl methyl sites for hydroxylation is 1. The van der Waals surface area contributed by atoms with E-state index in [9.17, 15) is 19.5 Å². The molecule has 1 heterocycles. The zero-order valence-electron chi connectivity index (χ0n) is 16.1. The van der Waals surface area contributed by atoms with Gasteiger partial charge in [-0.05, 0) is 50.8 Å². The number of amides is 1. The molecular weight excluding hydrogens is 350 g/mol. The van der Waals surface area contributed by atoms with Gasteiger partial charge in [-0.1, -0.05) is 13.8 Å². The molecule has 146 valence electrons. The second-order valence-electron chi connectivity index (χ2n) is 7.07. The van der Waals surface area contributed by atoms with Crippen LogP contribution in [0.4, 0.5) is 0 Å². The molecule has 2 atom stereocenters. The van der Waals surface area contributed by atoms with Gasteiger partial charge in [0, 0.05) is 17.0 Å². The van der Waals surface area contributed by atoms with Gasteiger partial charge in [0.05, 0.1) is 12.0 Å². The Bertz CT molecular complexity index is 915. The van der Waals surface area contributed by atoms with Crippen LogP contribution in [0.5, 0.6) is 5.75 Å². The number of carboxylic acid groups (broad SMARTS) is 1. The largest absolute Gasteiger partial charge is 0.548 e. The number of hydrogen-bond acceptors (Lipinski definition) is 6. The molecule has 0 aliphatic carbocycles. The Balaban J connectivity index is 2.16. The first kappa shape index (κ1) is 20.5. The molecule has 1 aromatic heterocycles. The number of rotatable bonds is 7. The van der Waals surface area contributed by atoms with Crippen molar-refractivity contribution in [2.45, 2.75) is 53.2 Å². The van der Waals surface area contributed by atoms with Crippen molar-refractivity contribution < 1.29 is 23.8 Å². The van der Waals surface area contributed by atoms with Crippen LogP contribution in [0.25, 0.3) is 11.0 Å². The molecule has 0 fully saturated rings. The molecule has 2 aromatic rings. The molecule has 1 aromatic carbocycles. The van der Waals surface area contributed by atoms with Gasteiger partial charge in [0.1, 0.15) is 11.3 Å². The van der Waals surface area contributed by atoms with Gasteiger partial charge < -0.3 is 24.4 Å². The Labute approximate surface area is 157 Å². The van der Waals surface area contributed by atoms with Crippen LogP contribution in [0.1, 0.15) is 38.3 Å². The first-order valence-electron chi connectivity index (χ1n) is 8.82. The average molecular weight is 374 g/mol. The third-order valence-electron chi connectivity index (χ3n) is 4.42. The highest BCUT2D eigenvalue weighted by atomic mass is 16.5. The van der Waals surface area contributed by atoms with Gasteiger partial charge >= 0.3 is 5.63 Å². The molecule has 0 radical (unpaired) electrons. The Morgan fingerprint density at radius 1 is 1.19 bits per heavy atom. The van der Waals surface area contributed by atoms with Crippen molar-refractivity contribution >= 4 is 22.8 Å². The summed E-state index contributed by atoms with van der Waals surface area (Å²) in [7, 11) is 0. The summed E-state index contributed by atoms with van der Waals surface area (Å²) in [5, 5.41) is 14.4. The summed E-state index contributed by atoms with van der Waals surface area (Å²) in [5.41, 5.74) is 1.31. The molecule has 27 heavy (non-hydrogen) atoms. The SMILES string of the molecule is Cc1c(C)c2ccc(O[C@@H](C)C(=O)N[C@@H](CC(C)C)C(=O)[O-])cc2oc1=O. The Kier molecular flexibility index (Phi) is 6.25. The highest BCUT2D eigenvalue weighted by molar-refractivity contribution is 5.86. The van der Waals surface area contributed by atoms with Crippen molar-refractivity contribution in [3.63, 3.8) is 0 Å². The van der Waals surface area contributed by atoms with Gasteiger partial charge in [-0.3, -0.25) is 4.79 Å². The number of nitrogens with one attached hydrogen (secondary N) is 1. The van der Waals surface area contributed by atoms with E-state index in [0.717, 1.165) is 10.9 Å². The summed E-state index contributed by atoms with van der Waals surface area (Å²) in [6.45, 7) is 8.75. The van der Waals surface area contributed by atoms with E-state index in [2.05, 4.69) is 5.32 Å². The predicted octanol–water partition coefficient (Wildman–Crippen LogP) is 1.46. The first-order valence-corrected chi connectivity index (χ1v) is 8.82. The number of carbonyl (C=O) groups excluding carboxylic acids is 2. The van der Waals surface area contributed by atoms with Crippen LogP contribution in [-0.4, -0.2) is 24.0 Å². The van der Waals surface area contributed by atoms with Crippen LogP contribution in [0.3, 0.4) is 0 Å². The summed E-state index contributed by atoms with van der Waals surface area (Å²) >= 11 is 0. The fraction of sp³-hybridized carbons (Fsp3) is 0.450. The highest BCUT2D eigenvalue weighted by Crippen LogP contribution is 2.24.